The Morgan fingerprint density at radius 1 is 1.31 bits per heavy atom. The van der Waals surface area contributed by atoms with E-state index in [1.807, 2.05) is 12.1 Å². The molecule has 0 spiro atoms. The van der Waals surface area contributed by atoms with Crippen LogP contribution < -0.4 is 5.73 Å². The van der Waals surface area contributed by atoms with Crippen molar-refractivity contribution in [2.75, 3.05) is 25.4 Å². The monoisotopic (exact) mass is 234 g/mol. The lowest BCUT2D eigenvalue weighted by Crippen LogP contribution is -2.18. The number of likely N-dealkylation sites (tertiary alicyclic amines) is 1. The molecule has 3 heteroatoms. The maximum atomic E-state index is 5.92. The Morgan fingerprint density at radius 2 is 2.06 bits per heavy atom. The van der Waals surface area contributed by atoms with E-state index >= 15 is 0 Å². The fourth-order valence-electron chi connectivity index (χ4n) is 1.80. The lowest BCUT2D eigenvalue weighted by atomic mass is 10.2. The van der Waals surface area contributed by atoms with E-state index in [4.69, 9.17) is 17.3 Å². The SMILES string of the molecule is Nc1ccc(C#CCN2CCCC2)cc1Cl. The predicted molar refractivity (Wildman–Crippen MR) is 68.4 cm³/mol. The summed E-state index contributed by atoms with van der Waals surface area (Å²) in [6.45, 7) is 3.20. The van der Waals surface area contributed by atoms with Gasteiger partial charge in [-0.25, -0.2) is 0 Å². The third-order valence-electron chi connectivity index (χ3n) is 2.73. The molecule has 0 radical (unpaired) electrons. The molecule has 0 amide bonds. The first-order valence-electron chi connectivity index (χ1n) is 5.52. The van der Waals surface area contributed by atoms with Gasteiger partial charge in [-0.15, -0.1) is 0 Å². The van der Waals surface area contributed by atoms with Gasteiger partial charge in [0.2, 0.25) is 0 Å². The third-order valence-corrected chi connectivity index (χ3v) is 3.06. The van der Waals surface area contributed by atoms with Crippen LogP contribution in [0.4, 0.5) is 5.69 Å². The summed E-state index contributed by atoms with van der Waals surface area (Å²) in [5.41, 5.74) is 7.16. The summed E-state index contributed by atoms with van der Waals surface area (Å²) in [7, 11) is 0. The highest BCUT2D eigenvalue weighted by atomic mass is 35.5. The molecule has 0 unspecified atom stereocenters. The van der Waals surface area contributed by atoms with Crippen LogP contribution in [0.3, 0.4) is 0 Å². The number of nitrogens with two attached hydrogens (primary N) is 1. The van der Waals surface area contributed by atoms with Crippen LogP contribution in [0.1, 0.15) is 18.4 Å². The van der Waals surface area contributed by atoms with Gasteiger partial charge in [0.1, 0.15) is 0 Å². The molecule has 0 aromatic heterocycles. The van der Waals surface area contributed by atoms with Crippen molar-refractivity contribution >= 4 is 17.3 Å². The number of hydrogen-bond donors (Lipinski definition) is 1. The first-order valence-corrected chi connectivity index (χ1v) is 5.90. The largest absolute Gasteiger partial charge is 0.398 e. The molecule has 0 aliphatic carbocycles. The van der Waals surface area contributed by atoms with E-state index in [1.165, 1.54) is 25.9 Å². The molecule has 2 nitrogen and oxygen atoms in total. The summed E-state index contributed by atoms with van der Waals surface area (Å²) in [6.07, 6.45) is 2.60. The number of nitrogen functional groups attached to an aromatic ring is 1. The van der Waals surface area contributed by atoms with Gasteiger partial charge >= 0.3 is 0 Å². The van der Waals surface area contributed by atoms with Gasteiger partial charge in [-0.05, 0) is 44.1 Å². The minimum atomic E-state index is 0.577. The fourth-order valence-corrected chi connectivity index (χ4v) is 1.98. The first kappa shape index (κ1) is 11.3. The van der Waals surface area contributed by atoms with Crippen LogP contribution in [0.25, 0.3) is 0 Å². The van der Waals surface area contributed by atoms with Crippen molar-refractivity contribution in [2.45, 2.75) is 12.8 Å². The van der Waals surface area contributed by atoms with E-state index < -0.39 is 0 Å². The van der Waals surface area contributed by atoms with E-state index in [9.17, 15) is 0 Å². The van der Waals surface area contributed by atoms with Gasteiger partial charge in [0, 0.05) is 5.56 Å². The van der Waals surface area contributed by atoms with Crippen molar-refractivity contribution in [3.63, 3.8) is 0 Å². The quantitative estimate of drug-likeness (QED) is 0.597. The van der Waals surface area contributed by atoms with Gasteiger partial charge in [-0.1, -0.05) is 23.4 Å². The Morgan fingerprint density at radius 3 is 2.75 bits per heavy atom. The highest BCUT2D eigenvalue weighted by molar-refractivity contribution is 6.33. The van der Waals surface area contributed by atoms with Gasteiger partial charge in [0.15, 0.2) is 0 Å². The number of halogens is 1. The number of benzene rings is 1. The molecule has 84 valence electrons. The van der Waals surface area contributed by atoms with Gasteiger partial charge in [-0.3, -0.25) is 4.90 Å². The van der Waals surface area contributed by atoms with Crippen LogP contribution in [0.15, 0.2) is 18.2 Å². The molecule has 1 aliphatic rings. The Hall–Kier alpha value is -1.17. The fraction of sp³-hybridized carbons (Fsp3) is 0.385. The highest BCUT2D eigenvalue weighted by Gasteiger charge is 2.08. The highest BCUT2D eigenvalue weighted by Crippen LogP contribution is 2.18. The molecule has 2 rings (SSSR count). The van der Waals surface area contributed by atoms with Crippen LogP contribution in [-0.2, 0) is 0 Å². The number of rotatable bonds is 1. The number of anilines is 1. The second-order valence-corrected chi connectivity index (χ2v) is 4.43. The molecule has 1 aromatic rings. The minimum absolute atomic E-state index is 0.577. The number of hydrogen-bond acceptors (Lipinski definition) is 2. The summed E-state index contributed by atoms with van der Waals surface area (Å²) in [4.78, 5) is 2.37. The molecular formula is C13H15ClN2. The first-order chi connectivity index (χ1) is 7.75. The minimum Gasteiger partial charge on any atom is -0.398 e. The Bertz CT molecular complexity index is 425. The maximum Gasteiger partial charge on any atom is 0.0647 e. The summed E-state index contributed by atoms with van der Waals surface area (Å²) in [5, 5.41) is 0.577. The van der Waals surface area contributed by atoms with Crippen molar-refractivity contribution in [2.24, 2.45) is 0 Å². The molecule has 16 heavy (non-hydrogen) atoms. The molecule has 1 heterocycles. The summed E-state index contributed by atoms with van der Waals surface area (Å²) in [5.74, 6) is 6.27. The summed E-state index contributed by atoms with van der Waals surface area (Å²) < 4.78 is 0. The van der Waals surface area contributed by atoms with Crippen molar-refractivity contribution in [3.8, 4) is 11.8 Å². The zero-order valence-electron chi connectivity index (χ0n) is 9.17. The summed E-state index contributed by atoms with van der Waals surface area (Å²) >= 11 is 5.92. The molecule has 1 aromatic carbocycles. The van der Waals surface area contributed by atoms with E-state index in [1.54, 1.807) is 6.07 Å². The van der Waals surface area contributed by atoms with Crippen LogP contribution in [0, 0.1) is 11.8 Å². The van der Waals surface area contributed by atoms with Crippen LogP contribution in [-0.4, -0.2) is 24.5 Å². The van der Waals surface area contributed by atoms with E-state index in [0.29, 0.717) is 10.7 Å². The second kappa shape index (κ2) is 5.25. The van der Waals surface area contributed by atoms with Crippen LogP contribution in [0.5, 0.6) is 0 Å². The van der Waals surface area contributed by atoms with Crippen molar-refractivity contribution in [1.29, 1.82) is 0 Å². The van der Waals surface area contributed by atoms with Gasteiger partial charge in [-0.2, -0.15) is 0 Å². The molecule has 1 aliphatic heterocycles. The van der Waals surface area contributed by atoms with Crippen molar-refractivity contribution < 1.29 is 0 Å². The summed E-state index contributed by atoms with van der Waals surface area (Å²) in [6, 6.07) is 5.51. The number of nitrogens with zero attached hydrogens (tertiary/aromatic N) is 1. The average molecular weight is 235 g/mol. The molecule has 1 saturated heterocycles. The van der Waals surface area contributed by atoms with Crippen molar-refractivity contribution in [1.82, 2.24) is 4.90 Å². The van der Waals surface area contributed by atoms with Crippen LogP contribution in [0.2, 0.25) is 5.02 Å². The van der Waals surface area contributed by atoms with Gasteiger partial charge in [0.05, 0.1) is 17.3 Å². The standard InChI is InChI=1S/C13H15ClN2/c14-12-10-11(5-6-13(12)15)4-3-9-16-7-1-2-8-16/h5-6,10H,1-2,7-9,15H2. The Balaban J connectivity index is 1.97. The molecule has 0 saturated carbocycles. The molecule has 1 fully saturated rings. The predicted octanol–water partition coefficient (Wildman–Crippen LogP) is 2.37. The zero-order valence-corrected chi connectivity index (χ0v) is 9.93. The Kier molecular flexibility index (Phi) is 3.71. The third kappa shape index (κ3) is 2.91. The van der Waals surface area contributed by atoms with Gasteiger partial charge in [0.25, 0.3) is 0 Å². The molecular weight excluding hydrogens is 220 g/mol. The average Bonchev–Trinajstić information content (AvgIpc) is 2.76. The second-order valence-electron chi connectivity index (χ2n) is 4.02. The van der Waals surface area contributed by atoms with Crippen molar-refractivity contribution in [3.05, 3.63) is 28.8 Å². The lowest BCUT2D eigenvalue weighted by molar-refractivity contribution is 0.383. The molecule has 0 bridgehead atoms. The van der Waals surface area contributed by atoms with Crippen LogP contribution >= 0.6 is 11.6 Å². The molecule has 2 N–H and O–H groups in total. The maximum absolute atomic E-state index is 5.92. The normalized spacial score (nSPS) is 15.8. The lowest BCUT2D eigenvalue weighted by Gasteiger charge is -2.08. The molecule has 0 atom stereocenters. The van der Waals surface area contributed by atoms with E-state index in [0.717, 1.165) is 12.1 Å². The van der Waals surface area contributed by atoms with E-state index in [-0.39, 0.29) is 0 Å². The smallest absolute Gasteiger partial charge is 0.0647 e. The zero-order chi connectivity index (χ0) is 11.4. The Labute approximate surface area is 101 Å². The van der Waals surface area contributed by atoms with E-state index in [2.05, 4.69) is 16.7 Å². The van der Waals surface area contributed by atoms with Gasteiger partial charge < -0.3 is 5.73 Å². The topological polar surface area (TPSA) is 29.3 Å².